The van der Waals surface area contributed by atoms with E-state index < -0.39 is 0 Å². The summed E-state index contributed by atoms with van der Waals surface area (Å²) in [6.45, 7) is 0. The van der Waals surface area contributed by atoms with E-state index in [-0.39, 0.29) is 0 Å². The molecular formula is C50H31NS. The van der Waals surface area contributed by atoms with Crippen molar-refractivity contribution in [3.63, 3.8) is 0 Å². The van der Waals surface area contributed by atoms with E-state index >= 15 is 0 Å². The lowest BCUT2D eigenvalue weighted by Gasteiger charge is -2.27. The molecule has 0 saturated heterocycles. The van der Waals surface area contributed by atoms with Crippen LogP contribution in [-0.4, -0.2) is 0 Å². The molecule has 11 rings (SSSR count). The predicted octanol–water partition coefficient (Wildman–Crippen LogP) is 15.0. The van der Waals surface area contributed by atoms with Crippen molar-refractivity contribution in [1.29, 1.82) is 0 Å². The van der Waals surface area contributed by atoms with Gasteiger partial charge in [-0.2, -0.15) is 0 Å². The topological polar surface area (TPSA) is 3.24 Å². The third-order valence-corrected chi connectivity index (χ3v) is 12.1. The summed E-state index contributed by atoms with van der Waals surface area (Å²) in [5, 5.41) is 15.3. The van der Waals surface area contributed by atoms with Crippen molar-refractivity contribution in [2.75, 3.05) is 4.90 Å². The van der Waals surface area contributed by atoms with E-state index in [0.717, 1.165) is 11.4 Å². The van der Waals surface area contributed by atoms with Gasteiger partial charge >= 0.3 is 0 Å². The van der Waals surface area contributed by atoms with Crippen LogP contribution in [-0.2, 0) is 0 Å². The van der Waals surface area contributed by atoms with Crippen LogP contribution >= 0.6 is 11.3 Å². The molecule has 0 N–H and O–H groups in total. The van der Waals surface area contributed by atoms with Gasteiger partial charge in [-0.3, -0.25) is 0 Å². The Hall–Kier alpha value is -6.48. The van der Waals surface area contributed by atoms with E-state index in [2.05, 4.69) is 193 Å². The lowest BCUT2D eigenvalue weighted by Crippen LogP contribution is -2.10. The van der Waals surface area contributed by atoms with E-state index in [4.69, 9.17) is 0 Å². The van der Waals surface area contributed by atoms with E-state index in [9.17, 15) is 0 Å². The molecule has 0 unspecified atom stereocenters. The van der Waals surface area contributed by atoms with Gasteiger partial charge in [0, 0.05) is 26.8 Å². The monoisotopic (exact) mass is 677 g/mol. The molecule has 11 aromatic rings. The fraction of sp³-hybridized carbons (Fsp3) is 0. The van der Waals surface area contributed by atoms with Crippen molar-refractivity contribution in [2.24, 2.45) is 0 Å². The molecule has 0 atom stereocenters. The number of hydrogen-bond acceptors (Lipinski definition) is 2. The first-order valence-corrected chi connectivity index (χ1v) is 18.7. The van der Waals surface area contributed by atoms with Crippen LogP contribution in [0.3, 0.4) is 0 Å². The summed E-state index contributed by atoms with van der Waals surface area (Å²) in [6.07, 6.45) is 0. The highest BCUT2D eigenvalue weighted by Gasteiger charge is 2.20. The van der Waals surface area contributed by atoms with Gasteiger partial charge in [0.25, 0.3) is 0 Å². The molecule has 52 heavy (non-hydrogen) atoms. The molecule has 0 fully saturated rings. The normalized spacial score (nSPS) is 11.8. The number of anilines is 3. The maximum absolute atomic E-state index is 2.46. The van der Waals surface area contributed by atoms with Crippen molar-refractivity contribution in [2.45, 2.75) is 0 Å². The minimum absolute atomic E-state index is 1.13. The van der Waals surface area contributed by atoms with E-state index in [1.165, 1.54) is 90.8 Å². The first kappa shape index (κ1) is 29.3. The van der Waals surface area contributed by atoms with Gasteiger partial charge in [0.2, 0.25) is 0 Å². The first-order chi connectivity index (χ1) is 25.8. The zero-order chi connectivity index (χ0) is 34.2. The number of nitrogens with zero attached hydrogens (tertiary/aromatic N) is 1. The Morgan fingerprint density at radius 1 is 0.308 bits per heavy atom. The lowest BCUT2D eigenvalue weighted by atomic mass is 9.93. The highest BCUT2D eigenvalue weighted by Crippen LogP contribution is 2.47. The summed E-state index contributed by atoms with van der Waals surface area (Å²) in [6, 6.07) is 69.3. The molecule has 0 aliphatic carbocycles. The van der Waals surface area contributed by atoms with Gasteiger partial charge in [-0.15, -0.1) is 11.3 Å². The van der Waals surface area contributed by atoms with Crippen molar-refractivity contribution < 1.29 is 0 Å². The van der Waals surface area contributed by atoms with Crippen molar-refractivity contribution in [3.05, 3.63) is 188 Å². The quantitative estimate of drug-likeness (QED) is 0.168. The Morgan fingerprint density at radius 3 is 1.63 bits per heavy atom. The predicted molar refractivity (Wildman–Crippen MR) is 227 cm³/mol. The molecule has 0 aliphatic rings. The third kappa shape index (κ3) is 4.48. The van der Waals surface area contributed by atoms with E-state index in [0.29, 0.717) is 0 Å². The van der Waals surface area contributed by atoms with Crippen LogP contribution in [0.1, 0.15) is 0 Å². The second kappa shape index (κ2) is 11.5. The van der Waals surface area contributed by atoms with Crippen LogP contribution < -0.4 is 4.90 Å². The molecule has 0 spiro atoms. The van der Waals surface area contributed by atoms with Gasteiger partial charge in [0.15, 0.2) is 0 Å². The highest BCUT2D eigenvalue weighted by molar-refractivity contribution is 7.27. The van der Waals surface area contributed by atoms with Crippen molar-refractivity contribution in [1.82, 2.24) is 0 Å². The summed E-state index contributed by atoms with van der Waals surface area (Å²) in [4.78, 5) is 2.46. The Bertz CT molecular complexity index is 3190. The van der Waals surface area contributed by atoms with Gasteiger partial charge in [-0.1, -0.05) is 152 Å². The molecule has 1 heterocycles. The number of thiophene rings is 1. The van der Waals surface area contributed by atoms with Crippen LogP contribution in [0.4, 0.5) is 17.1 Å². The molecule has 242 valence electrons. The average Bonchev–Trinajstić information content (AvgIpc) is 3.61. The minimum Gasteiger partial charge on any atom is -0.309 e. The third-order valence-electron chi connectivity index (χ3n) is 10.8. The van der Waals surface area contributed by atoms with Crippen molar-refractivity contribution >= 4 is 102 Å². The minimum atomic E-state index is 1.13. The van der Waals surface area contributed by atoms with Gasteiger partial charge < -0.3 is 4.90 Å². The molecule has 0 radical (unpaired) electrons. The summed E-state index contributed by atoms with van der Waals surface area (Å²) in [5.41, 5.74) is 5.92. The molecule has 1 aromatic heterocycles. The first-order valence-electron chi connectivity index (χ1n) is 17.8. The molecular weight excluding hydrogens is 647 g/mol. The van der Waals surface area contributed by atoms with Crippen LogP contribution in [0.15, 0.2) is 188 Å². The standard InChI is InChI=1S/C50H31NS/c1-4-13-39-32(10-1)20-21-34-24-28-38(31-47(34)39)51(48-19-9-18-44-45-29-25-33-11-2-6-15-41(33)49(45)52-50(44)48)37-26-22-35(23-27-37)46-30-36-12-3-5-14-40(36)42-16-7-8-17-43(42)46/h1-31H. The second-order valence-electron chi connectivity index (χ2n) is 13.7. The van der Waals surface area contributed by atoms with Gasteiger partial charge in [0.05, 0.1) is 10.4 Å². The molecule has 0 aliphatic heterocycles. The van der Waals surface area contributed by atoms with Crippen LogP contribution in [0.25, 0.3) is 85.2 Å². The summed E-state index contributed by atoms with van der Waals surface area (Å²) in [7, 11) is 0. The van der Waals surface area contributed by atoms with E-state index in [1.54, 1.807) is 0 Å². The smallest absolute Gasteiger partial charge is 0.0640 e. The number of benzene rings is 10. The maximum atomic E-state index is 2.46. The molecule has 0 saturated carbocycles. The van der Waals surface area contributed by atoms with Crippen molar-refractivity contribution in [3.8, 4) is 11.1 Å². The Balaban J connectivity index is 1.15. The Kier molecular flexibility index (Phi) is 6.49. The summed E-state index contributed by atoms with van der Waals surface area (Å²) >= 11 is 1.90. The lowest BCUT2D eigenvalue weighted by molar-refractivity contribution is 1.31. The largest absolute Gasteiger partial charge is 0.309 e. The van der Waals surface area contributed by atoms with Crippen LogP contribution in [0.5, 0.6) is 0 Å². The fourth-order valence-electron chi connectivity index (χ4n) is 8.33. The molecule has 10 aromatic carbocycles. The van der Waals surface area contributed by atoms with Crippen LogP contribution in [0, 0.1) is 0 Å². The SMILES string of the molecule is c1ccc2c(c1)ccc1ccc(N(c3ccc(-c4cc5ccccc5c5ccccc45)cc3)c3cccc4c3sc3c5ccccc5ccc43)cc12. The summed E-state index contributed by atoms with van der Waals surface area (Å²) < 4.78 is 2.63. The second-order valence-corrected chi connectivity index (χ2v) is 14.7. The maximum Gasteiger partial charge on any atom is 0.0640 e. The zero-order valence-electron chi connectivity index (χ0n) is 28.3. The van der Waals surface area contributed by atoms with E-state index in [1.807, 2.05) is 11.3 Å². The molecule has 1 nitrogen and oxygen atoms in total. The van der Waals surface area contributed by atoms with Gasteiger partial charge in [-0.05, 0) is 101 Å². The van der Waals surface area contributed by atoms with Gasteiger partial charge in [-0.25, -0.2) is 0 Å². The average molecular weight is 678 g/mol. The number of fused-ring (bicyclic) bond motifs is 11. The number of rotatable bonds is 4. The summed E-state index contributed by atoms with van der Waals surface area (Å²) in [5.74, 6) is 0. The Morgan fingerprint density at radius 2 is 0.846 bits per heavy atom. The molecule has 2 heteroatoms. The molecule has 0 bridgehead atoms. The Labute approximate surface area is 305 Å². The fourth-order valence-corrected chi connectivity index (χ4v) is 9.67. The van der Waals surface area contributed by atoms with Gasteiger partial charge in [0.1, 0.15) is 0 Å². The van der Waals surface area contributed by atoms with Crippen LogP contribution in [0.2, 0.25) is 0 Å². The number of hydrogen-bond donors (Lipinski definition) is 0. The zero-order valence-corrected chi connectivity index (χ0v) is 29.1. The highest BCUT2D eigenvalue weighted by atomic mass is 32.1. The molecule has 0 amide bonds.